The zero-order chi connectivity index (χ0) is 18.3. The number of nitrogens with zero attached hydrogens (tertiary/aromatic N) is 1. The molecule has 1 saturated heterocycles. The van der Waals surface area contributed by atoms with E-state index in [1.54, 1.807) is 7.11 Å². The summed E-state index contributed by atoms with van der Waals surface area (Å²) < 4.78 is 24.2. The second kappa shape index (κ2) is 10.7. The SMILES string of the molecule is CC[C@H]1O[C@@H](C)C(OP(OCCC#N)C(C(C)C)C(C)C)[C@H]1OC. The molecular formula is C18H34NO4P. The summed E-state index contributed by atoms with van der Waals surface area (Å²) in [6.07, 6.45) is 1.11. The van der Waals surface area contributed by atoms with E-state index < -0.39 is 8.38 Å². The van der Waals surface area contributed by atoms with Crippen LogP contribution >= 0.6 is 8.38 Å². The van der Waals surface area contributed by atoms with Gasteiger partial charge < -0.3 is 18.5 Å². The first-order chi connectivity index (χ1) is 11.4. The van der Waals surface area contributed by atoms with Crippen molar-refractivity contribution in [1.29, 1.82) is 5.26 Å². The summed E-state index contributed by atoms with van der Waals surface area (Å²) in [4.78, 5) is 0. The highest BCUT2D eigenvalue weighted by molar-refractivity contribution is 7.48. The summed E-state index contributed by atoms with van der Waals surface area (Å²) in [6, 6.07) is 2.14. The van der Waals surface area contributed by atoms with Gasteiger partial charge in [0, 0.05) is 12.8 Å². The van der Waals surface area contributed by atoms with E-state index in [1.807, 2.05) is 6.92 Å². The molecule has 5 atom stereocenters. The molecule has 0 aliphatic carbocycles. The molecule has 1 heterocycles. The van der Waals surface area contributed by atoms with Crippen molar-refractivity contribution in [3.63, 3.8) is 0 Å². The fraction of sp³-hybridized carbons (Fsp3) is 0.944. The summed E-state index contributed by atoms with van der Waals surface area (Å²) in [7, 11) is 0.595. The molecule has 0 aromatic rings. The van der Waals surface area contributed by atoms with Crippen molar-refractivity contribution in [3.8, 4) is 6.07 Å². The van der Waals surface area contributed by atoms with Crippen LogP contribution in [-0.4, -0.2) is 43.8 Å². The van der Waals surface area contributed by atoms with Gasteiger partial charge in [-0.1, -0.05) is 34.6 Å². The van der Waals surface area contributed by atoms with Gasteiger partial charge in [0.2, 0.25) is 0 Å². The molecule has 0 amide bonds. The molecule has 5 nitrogen and oxygen atoms in total. The number of hydrogen-bond acceptors (Lipinski definition) is 5. The van der Waals surface area contributed by atoms with Crippen LogP contribution in [0.5, 0.6) is 0 Å². The van der Waals surface area contributed by atoms with Crippen LogP contribution in [0.2, 0.25) is 0 Å². The zero-order valence-electron chi connectivity index (χ0n) is 16.2. The smallest absolute Gasteiger partial charge is 0.174 e. The Kier molecular flexibility index (Phi) is 9.71. The normalized spacial score (nSPS) is 28.7. The number of ether oxygens (including phenoxy) is 2. The molecule has 0 aromatic carbocycles. The lowest BCUT2D eigenvalue weighted by Crippen LogP contribution is -2.36. The number of rotatable bonds is 10. The third-order valence-corrected chi connectivity index (χ3v) is 7.05. The topological polar surface area (TPSA) is 60.7 Å². The summed E-state index contributed by atoms with van der Waals surface area (Å²) in [5, 5.41) is 8.81. The highest BCUT2D eigenvalue weighted by atomic mass is 31.2. The lowest BCUT2D eigenvalue weighted by atomic mass is 10.00. The van der Waals surface area contributed by atoms with Gasteiger partial charge in [0.1, 0.15) is 12.2 Å². The first kappa shape index (κ1) is 21.8. The van der Waals surface area contributed by atoms with Crippen LogP contribution in [-0.2, 0) is 18.5 Å². The van der Waals surface area contributed by atoms with Crippen LogP contribution < -0.4 is 0 Å². The molecule has 140 valence electrons. The number of nitriles is 1. The van der Waals surface area contributed by atoms with Gasteiger partial charge in [-0.2, -0.15) is 5.26 Å². The predicted molar refractivity (Wildman–Crippen MR) is 96.9 cm³/mol. The standard InChI is InChI=1S/C18H34NO4P/c1-8-15-17(20-7)16(14(6)22-15)23-24(21-11-9-10-19)18(12(2)3)13(4)5/h12-18H,8-9,11H2,1-7H3/t14-,15+,16?,17-,24?/m0/s1. The summed E-state index contributed by atoms with van der Waals surface area (Å²) in [5.41, 5.74) is 0.309. The van der Waals surface area contributed by atoms with Gasteiger partial charge in [-0.05, 0) is 25.2 Å². The first-order valence-corrected chi connectivity index (χ1v) is 10.3. The Hall–Kier alpha value is -0.240. The van der Waals surface area contributed by atoms with Crippen molar-refractivity contribution in [2.45, 2.75) is 84.5 Å². The quantitative estimate of drug-likeness (QED) is 0.424. The van der Waals surface area contributed by atoms with Crippen LogP contribution in [0, 0.1) is 23.2 Å². The van der Waals surface area contributed by atoms with Crippen LogP contribution in [0.1, 0.15) is 54.4 Å². The molecule has 1 aliphatic heterocycles. The molecule has 1 aliphatic rings. The highest BCUT2D eigenvalue weighted by Crippen LogP contribution is 2.53. The van der Waals surface area contributed by atoms with E-state index in [4.69, 9.17) is 23.8 Å². The van der Waals surface area contributed by atoms with E-state index in [1.165, 1.54) is 0 Å². The van der Waals surface area contributed by atoms with Crippen molar-refractivity contribution in [1.82, 2.24) is 0 Å². The van der Waals surface area contributed by atoms with E-state index in [0.29, 0.717) is 30.5 Å². The maximum atomic E-state index is 8.81. The Morgan fingerprint density at radius 1 is 1.17 bits per heavy atom. The van der Waals surface area contributed by atoms with Crippen LogP contribution in [0.4, 0.5) is 0 Å². The summed E-state index contributed by atoms with van der Waals surface area (Å²) >= 11 is 0. The van der Waals surface area contributed by atoms with Gasteiger partial charge in [-0.15, -0.1) is 0 Å². The maximum Gasteiger partial charge on any atom is 0.174 e. The van der Waals surface area contributed by atoms with E-state index in [9.17, 15) is 0 Å². The summed E-state index contributed by atoms with van der Waals surface area (Å²) in [5.74, 6) is 0.887. The largest absolute Gasteiger partial charge is 0.376 e. The molecule has 6 heteroatoms. The minimum Gasteiger partial charge on any atom is -0.376 e. The molecular weight excluding hydrogens is 325 g/mol. The molecule has 0 aromatic heterocycles. The molecule has 24 heavy (non-hydrogen) atoms. The highest BCUT2D eigenvalue weighted by Gasteiger charge is 2.45. The third-order valence-electron chi connectivity index (χ3n) is 4.48. The second-order valence-electron chi connectivity index (χ2n) is 7.06. The monoisotopic (exact) mass is 359 g/mol. The van der Waals surface area contributed by atoms with E-state index in [-0.39, 0.29) is 24.4 Å². The number of hydrogen-bond donors (Lipinski definition) is 0. The minimum atomic E-state index is -1.12. The average molecular weight is 359 g/mol. The Morgan fingerprint density at radius 3 is 2.25 bits per heavy atom. The predicted octanol–water partition coefficient (Wildman–Crippen LogP) is 4.51. The van der Waals surface area contributed by atoms with Gasteiger partial charge >= 0.3 is 0 Å². The van der Waals surface area contributed by atoms with Crippen LogP contribution in [0.15, 0.2) is 0 Å². The molecule has 1 rings (SSSR count). The summed E-state index contributed by atoms with van der Waals surface area (Å²) in [6.45, 7) is 13.4. The van der Waals surface area contributed by atoms with Crippen molar-refractivity contribution in [2.24, 2.45) is 11.8 Å². The molecule has 0 spiro atoms. The molecule has 0 N–H and O–H groups in total. The van der Waals surface area contributed by atoms with Crippen molar-refractivity contribution < 1.29 is 18.5 Å². The van der Waals surface area contributed by atoms with Gasteiger partial charge in [0.25, 0.3) is 0 Å². The van der Waals surface area contributed by atoms with E-state index >= 15 is 0 Å². The van der Waals surface area contributed by atoms with Gasteiger partial charge in [0.15, 0.2) is 8.38 Å². The average Bonchev–Trinajstić information content (AvgIpc) is 2.82. The minimum absolute atomic E-state index is 0.0237. The molecule has 0 radical (unpaired) electrons. The fourth-order valence-electron chi connectivity index (χ4n) is 3.41. The second-order valence-corrected chi connectivity index (χ2v) is 8.70. The molecule has 0 bridgehead atoms. The Balaban J connectivity index is 2.91. The molecule has 0 saturated carbocycles. The molecule has 2 unspecified atom stereocenters. The van der Waals surface area contributed by atoms with E-state index in [0.717, 1.165) is 6.42 Å². The van der Waals surface area contributed by atoms with Gasteiger partial charge in [-0.3, -0.25) is 0 Å². The lowest BCUT2D eigenvalue weighted by Gasteiger charge is -2.35. The Labute approximate surface area is 148 Å². The lowest BCUT2D eigenvalue weighted by molar-refractivity contribution is -0.00855. The van der Waals surface area contributed by atoms with Gasteiger partial charge in [0.05, 0.1) is 31.3 Å². The Morgan fingerprint density at radius 2 is 1.79 bits per heavy atom. The van der Waals surface area contributed by atoms with Crippen molar-refractivity contribution in [3.05, 3.63) is 0 Å². The van der Waals surface area contributed by atoms with Crippen molar-refractivity contribution in [2.75, 3.05) is 13.7 Å². The van der Waals surface area contributed by atoms with Crippen LogP contribution in [0.3, 0.4) is 0 Å². The van der Waals surface area contributed by atoms with Gasteiger partial charge in [-0.25, -0.2) is 0 Å². The first-order valence-electron chi connectivity index (χ1n) is 9.01. The van der Waals surface area contributed by atoms with E-state index in [2.05, 4.69) is 40.7 Å². The van der Waals surface area contributed by atoms with Crippen LogP contribution in [0.25, 0.3) is 0 Å². The zero-order valence-corrected chi connectivity index (χ0v) is 17.1. The third kappa shape index (κ3) is 5.64. The maximum absolute atomic E-state index is 8.81. The van der Waals surface area contributed by atoms with Crippen molar-refractivity contribution >= 4 is 8.38 Å². The fourth-order valence-corrected chi connectivity index (χ4v) is 5.56. The number of methoxy groups -OCH3 is 1. The molecule has 1 fully saturated rings. The Bertz CT molecular complexity index is 391.